The highest BCUT2D eigenvalue weighted by atomic mass is 35.5. The van der Waals surface area contributed by atoms with Crippen molar-refractivity contribution in [2.24, 2.45) is 0 Å². The van der Waals surface area contributed by atoms with E-state index in [4.69, 9.17) is 11.6 Å². The van der Waals surface area contributed by atoms with E-state index in [1.165, 1.54) is 12.8 Å². The van der Waals surface area contributed by atoms with Crippen LogP contribution in [0.5, 0.6) is 0 Å². The van der Waals surface area contributed by atoms with Crippen LogP contribution in [0.25, 0.3) is 0 Å². The molecular formula is C13H18Cl2N2O. The van der Waals surface area contributed by atoms with E-state index in [1.807, 2.05) is 32.0 Å². The lowest BCUT2D eigenvalue weighted by molar-refractivity contribution is -0.117. The van der Waals surface area contributed by atoms with Gasteiger partial charge in [0.1, 0.15) is 0 Å². The molecule has 5 heteroatoms. The molecule has 3 nitrogen and oxygen atoms in total. The number of benzene rings is 1. The van der Waals surface area contributed by atoms with Gasteiger partial charge in [0.05, 0.1) is 6.04 Å². The Hall–Kier alpha value is -0.770. The van der Waals surface area contributed by atoms with Crippen LogP contribution >= 0.6 is 24.0 Å². The van der Waals surface area contributed by atoms with E-state index < -0.39 is 0 Å². The van der Waals surface area contributed by atoms with Crippen molar-refractivity contribution in [1.82, 2.24) is 5.32 Å². The number of hydrogen-bond acceptors (Lipinski definition) is 2. The molecule has 100 valence electrons. The van der Waals surface area contributed by atoms with Gasteiger partial charge in [-0.15, -0.1) is 12.4 Å². The largest absolute Gasteiger partial charge is 0.324 e. The van der Waals surface area contributed by atoms with Crippen molar-refractivity contribution < 1.29 is 4.79 Å². The Morgan fingerprint density at radius 3 is 2.72 bits per heavy atom. The third-order valence-corrected chi connectivity index (χ3v) is 3.39. The first-order valence-corrected chi connectivity index (χ1v) is 6.27. The number of rotatable bonds is 4. The van der Waals surface area contributed by atoms with Crippen LogP contribution < -0.4 is 10.6 Å². The third kappa shape index (κ3) is 3.87. The topological polar surface area (TPSA) is 41.1 Å². The van der Waals surface area contributed by atoms with E-state index in [2.05, 4.69) is 10.6 Å². The smallest absolute Gasteiger partial charge is 0.241 e. The van der Waals surface area contributed by atoms with Crippen LogP contribution in [-0.4, -0.2) is 18.0 Å². The van der Waals surface area contributed by atoms with Gasteiger partial charge in [-0.3, -0.25) is 4.79 Å². The summed E-state index contributed by atoms with van der Waals surface area (Å²) >= 11 is 6.00. The van der Waals surface area contributed by atoms with Gasteiger partial charge < -0.3 is 10.6 Å². The van der Waals surface area contributed by atoms with Gasteiger partial charge in [-0.25, -0.2) is 0 Å². The second kappa shape index (κ2) is 6.41. The van der Waals surface area contributed by atoms with Crippen LogP contribution in [0.4, 0.5) is 5.69 Å². The molecule has 2 N–H and O–H groups in total. The predicted molar refractivity (Wildman–Crippen MR) is 77.7 cm³/mol. The summed E-state index contributed by atoms with van der Waals surface area (Å²) in [5, 5.41) is 6.83. The van der Waals surface area contributed by atoms with E-state index >= 15 is 0 Å². The molecule has 0 radical (unpaired) electrons. The molecule has 0 aromatic heterocycles. The fourth-order valence-corrected chi connectivity index (χ4v) is 1.84. The molecule has 0 heterocycles. The van der Waals surface area contributed by atoms with E-state index in [-0.39, 0.29) is 24.4 Å². The fraction of sp³-hybridized carbons (Fsp3) is 0.462. The summed E-state index contributed by atoms with van der Waals surface area (Å²) in [6.45, 7) is 3.78. The van der Waals surface area contributed by atoms with Crippen molar-refractivity contribution in [2.75, 3.05) is 5.32 Å². The summed E-state index contributed by atoms with van der Waals surface area (Å²) in [5.74, 6) is -0.0118. The lowest BCUT2D eigenvalue weighted by atomic mass is 10.2. The van der Waals surface area contributed by atoms with Gasteiger partial charge in [0.2, 0.25) is 5.91 Å². The molecule has 0 aliphatic heterocycles. The van der Waals surface area contributed by atoms with Gasteiger partial charge in [-0.05, 0) is 44.4 Å². The van der Waals surface area contributed by atoms with Crippen LogP contribution in [0.15, 0.2) is 18.2 Å². The Balaban J connectivity index is 0.00000162. The van der Waals surface area contributed by atoms with Crippen LogP contribution in [0.3, 0.4) is 0 Å². The second-order valence-electron chi connectivity index (χ2n) is 4.56. The zero-order valence-electron chi connectivity index (χ0n) is 10.5. The number of hydrogen-bond donors (Lipinski definition) is 2. The molecule has 2 rings (SSSR count). The zero-order chi connectivity index (χ0) is 12.4. The van der Waals surface area contributed by atoms with Crippen LogP contribution in [0.1, 0.15) is 25.3 Å². The number of carbonyl (C=O) groups is 1. The van der Waals surface area contributed by atoms with E-state index in [0.29, 0.717) is 11.1 Å². The fourth-order valence-electron chi connectivity index (χ4n) is 1.66. The lowest BCUT2D eigenvalue weighted by Crippen LogP contribution is -2.39. The summed E-state index contributed by atoms with van der Waals surface area (Å²) < 4.78 is 0. The van der Waals surface area contributed by atoms with Crippen molar-refractivity contribution in [3.63, 3.8) is 0 Å². The monoisotopic (exact) mass is 288 g/mol. The Kier molecular flexibility index (Phi) is 5.45. The molecule has 1 atom stereocenters. The Morgan fingerprint density at radius 2 is 2.11 bits per heavy atom. The van der Waals surface area contributed by atoms with Crippen molar-refractivity contribution in [2.45, 2.75) is 38.8 Å². The summed E-state index contributed by atoms with van der Waals surface area (Å²) in [6, 6.07) is 5.88. The molecule has 0 spiro atoms. The molecule has 1 aromatic rings. The summed E-state index contributed by atoms with van der Waals surface area (Å²) in [7, 11) is 0. The number of nitrogens with one attached hydrogen (secondary N) is 2. The third-order valence-electron chi connectivity index (χ3n) is 2.98. The van der Waals surface area contributed by atoms with Crippen molar-refractivity contribution in [1.29, 1.82) is 0 Å². The van der Waals surface area contributed by atoms with Gasteiger partial charge in [0.25, 0.3) is 0 Å². The first-order valence-electron chi connectivity index (χ1n) is 5.90. The lowest BCUT2D eigenvalue weighted by Gasteiger charge is -2.15. The maximum atomic E-state index is 11.9. The minimum absolute atomic E-state index is 0. The van der Waals surface area contributed by atoms with Crippen molar-refractivity contribution >= 4 is 35.6 Å². The average Bonchev–Trinajstić information content (AvgIpc) is 3.08. The number of anilines is 1. The molecule has 18 heavy (non-hydrogen) atoms. The summed E-state index contributed by atoms with van der Waals surface area (Å²) in [6.07, 6.45) is 2.35. The minimum Gasteiger partial charge on any atom is -0.324 e. The average molecular weight is 289 g/mol. The molecule has 1 aliphatic rings. The standard InChI is InChI=1S/C13H17ClN2O.ClH/c1-8-11(14)4-3-5-12(8)16-13(17)9(2)15-10-6-7-10;/h3-5,9-10,15H,6-7H2,1-2H3,(H,16,17);1H. The Bertz CT molecular complexity index is 433. The second-order valence-corrected chi connectivity index (χ2v) is 4.97. The first kappa shape index (κ1) is 15.3. The maximum absolute atomic E-state index is 11.9. The van der Waals surface area contributed by atoms with E-state index in [1.54, 1.807) is 0 Å². The predicted octanol–water partition coefficient (Wildman–Crippen LogP) is 3.15. The van der Waals surface area contributed by atoms with E-state index in [0.717, 1.165) is 11.3 Å². The minimum atomic E-state index is -0.166. The van der Waals surface area contributed by atoms with Gasteiger partial charge in [-0.1, -0.05) is 17.7 Å². The highest BCUT2D eigenvalue weighted by Gasteiger charge is 2.25. The first-order chi connectivity index (χ1) is 8.08. The van der Waals surface area contributed by atoms with Crippen LogP contribution in [0, 0.1) is 6.92 Å². The highest BCUT2D eigenvalue weighted by Crippen LogP contribution is 2.23. The quantitative estimate of drug-likeness (QED) is 0.894. The number of halogens is 2. The molecule has 1 saturated carbocycles. The molecule has 1 unspecified atom stereocenters. The van der Waals surface area contributed by atoms with E-state index in [9.17, 15) is 4.79 Å². The molecule has 1 amide bonds. The van der Waals surface area contributed by atoms with Gasteiger partial charge in [0, 0.05) is 16.8 Å². The molecule has 1 aromatic carbocycles. The Labute approximate surface area is 119 Å². The Morgan fingerprint density at radius 1 is 1.44 bits per heavy atom. The molecule has 0 saturated heterocycles. The molecule has 1 aliphatic carbocycles. The van der Waals surface area contributed by atoms with Gasteiger partial charge in [0.15, 0.2) is 0 Å². The van der Waals surface area contributed by atoms with Crippen LogP contribution in [0.2, 0.25) is 5.02 Å². The van der Waals surface area contributed by atoms with Crippen LogP contribution in [-0.2, 0) is 4.79 Å². The SMILES string of the molecule is Cc1c(Cl)cccc1NC(=O)C(C)NC1CC1.Cl. The zero-order valence-corrected chi connectivity index (χ0v) is 12.1. The van der Waals surface area contributed by atoms with Gasteiger partial charge in [-0.2, -0.15) is 0 Å². The normalized spacial score (nSPS) is 15.7. The summed E-state index contributed by atoms with van der Waals surface area (Å²) in [4.78, 5) is 11.9. The number of amides is 1. The summed E-state index contributed by atoms with van der Waals surface area (Å²) in [5.41, 5.74) is 1.69. The van der Waals surface area contributed by atoms with Crippen molar-refractivity contribution in [3.8, 4) is 0 Å². The molecular weight excluding hydrogens is 271 g/mol. The van der Waals surface area contributed by atoms with Crippen molar-refractivity contribution in [3.05, 3.63) is 28.8 Å². The number of carbonyl (C=O) groups excluding carboxylic acids is 1. The molecule has 1 fully saturated rings. The molecule has 0 bridgehead atoms. The highest BCUT2D eigenvalue weighted by molar-refractivity contribution is 6.31. The van der Waals surface area contributed by atoms with Gasteiger partial charge >= 0.3 is 0 Å². The maximum Gasteiger partial charge on any atom is 0.241 e.